The van der Waals surface area contributed by atoms with Gasteiger partial charge in [0.05, 0.1) is 6.42 Å². The third kappa shape index (κ3) is 7.35. The van der Waals surface area contributed by atoms with Gasteiger partial charge in [0.1, 0.15) is 0 Å². The minimum atomic E-state index is -0.938. The Balaban J connectivity index is 3.30. The first kappa shape index (κ1) is 10.4. The average Bonchev–Trinajstić information content (AvgIpc) is 1.97. The van der Waals surface area contributed by atoms with Crippen molar-refractivity contribution in [2.24, 2.45) is 5.73 Å². The lowest BCUT2D eigenvalue weighted by Gasteiger charge is -1.95. The number of rotatable bonds is 5. The van der Waals surface area contributed by atoms with E-state index in [0.29, 0.717) is 12.3 Å². The average molecular weight is 177 g/mol. The van der Waals surface area contributed by atoms with Crippen LogP contribution < -0.4 is 5.73 Å². The highest BCUT2D eigenvalue weighted by molar-refractivity contribution is 8.13. The van der Waals surface area contributed by atoms with E-state index in [4.69, 9.17) is 10.8 Å². The van der Waals surface area contributed by atoms with Gasteiger partial charge in [-0.1, -0.05) is 11.8 Å². The van der Waals surface area contributed by atoms with Crippen molar-refractivity contribution in [2.45, 2.75) is 12.8 Å². The number of hydrogen-bond donors (Lipinski definition) is 2. The van der Waals surface area contributed by atoms with Crippen LogP contribution in [-0.4, -0.2) is 28.5 Å². The summed E-state index contributed by atoms with van der Waals surface area (Å²) in [5.41, 5.74) is 5.14. The van der Waals surface area contributed by atoms with E-state index < -0.39 is 5.97 Å². The molecule has 0 amide bonds. The van der Waals surface area contributed by atoms with E-state index in [0.717, 1.165) is 11.8 Å². The van der Waals surface area contributed by atoms with Crippen LogP contribution in [0.15, 0.2) is 0 Å². The maximum Gasteiger partial charge on any atom is 0.303 e. The summed E-state index contributed by atoms with van der Waals surface area (Å²) >= 11 is 1.09. The normalized spacial score (nSPS) is 9.55. The Kier molecular flexibility index (Phi) is 5.87. The van der Waals surface area contributed by atoms with Gasteiger partial charge in [-0.15, -0.1) is 0 Å². The van der Waals surface area contributed by atoms with Gasteiger partial charge in [-0.05, 0) is 0 Å². The molecule has 0 unspecified atom stereocenters. The first-order valence-electron chi connectivity index (χ1n) is 3.24. The molecule has 0 atom stereocenters. The molecule has 0 aliphatic heterocycles. The van der Waals surface area contributed by atoms with Crippen LogP contribution in [0.3, 0.4) is 0 Å². The highest BCUT2D eigenvalue weighted by atomic mass is 32.2. The van der Waals surface area contributed by atoms with E-state index >= 15 is 0 Å². The van der Waals surface area contributed by atoms with Crippen LogP contribution in [0.1, 0.15) is 12.8 Å². The quantitative estimate of drug-likeness (QED) is 0.621. The topological polar surface area (TPSA) is 80.4 Å². The number of carbonyl (C=O) groups is 2. The number of thioether (sulfide) groups is 1. The SMILES string of the molecule is NCCSC(=O)CCC(=O)O. The molecular weight excluding hydrogens is 166 g/mol. The van der Waals surface area contributed by atoms with Gasteiger partial charge in [0.2, 0.25) is 0 Å². The molecule has 0 saturated heterocycles. The third-order valence-electron chi connectivity index (χ3n) is 0.924. The summed E-state index contributed by atoms with van der Waals surface area (Å²) in [6, 6.07) is 0. The van der Waals surface area contributed by atoms with Crippen LogP contribution in [-0.2, 0) is 9.59 Å². The van der Waals surface area contributed by atoms with Crippen LogP contribution in [0.5, 0.6) is 0 Å². The van der Waals surface area contributed by atoms with Gasteiger partial charge >= 0.3 is 5.97 Å². The molecule has 0 radical (unpaired) electrons. The summed E-state index contributed by atoms with van der Waals surface area (Å²) in [6.07, 6.45) is 0.0103. The van der Waals surface area contributed by atoms with E-state index in [1.54, 1.807) is 0 Å². The summed E-state index contributed by atoms with van der Waals surface area (Å²) < 4.78 is 0. The molecule has 64 valence electrons. The summed E-state index contributed by atoms with van der Waals surface area (Å²) in [5.74, 6) is -0.370. The van der Waals surface area contributed by atoms with Gasteiger partial charge in [-0.3, -0.25) is 9.59 Å². The standard InChI is InChI=1S/C6H11NO3S/c7-3-4-11-6(10)2-1-5(8)9/h1-4,7H2,(H,8,9). The number of carboxylic acid groups (broad SMARTS) is 1. The van der Waals surface area contributed by atoms with Gasteiger partial charge < -0.3 is 10.8 Å². The smallest absolute Gasteiger partial charge is 0.303 e. The fraction of sp³-hybridized carbons (Fsp3) is 0.667. The van der Waals surface area contributed by atoms with Crippen molar-refractivity contribution in [3.05, 3.63) is 0 Å². The van der Waals surface area contributed by atoms with Crippen molar-refractivity contribution >= 4 is 22.8 Å². The van der Waals surface area contributed by atoms with Gasteiger partial charge in [0, 0.05) is 18.7 Å². The lowest BCUT2D eigenvalue weighted by atomic mass is 10.3. The van der Waals surface area contributed by atoms with Crippen molar-refractivity contribution in [1.29, 1.82) is 0 Å². The maximum atomic E-state index is 10.8. The van der Waals surface area contributed by atoms with Crippen molar-refractivity contribution in [1.82, 2.24) is 0 Å². The van der Waals surface area contributed by atoms with Crippen LogP contribution >= 0.6 is 11.8 Å². The molecule has 0 aliphatic rings. The van der Waals surface area contributed by atoms with E-state index in [2.05, 4.69) is 0 Å². The summed E-state index contributed by atoms with van der Waals surface area (Å²) in [4.78, 5) is 20.7. The van der Waals surface area contributed by atoms with Gasteiger partial charge in [-0.2, -0.15) is 0 Å². The lowest BCUT2D eigenvalue weighted by Crippen LogP contribution is -2.05. The van der Waals surface area contributed by atoms with Gasteiger partial charge in [-0.25, -0.2) is 0 Å². The summed E-state index contributed by atoms with van der Waals surface area (Å²) in [7, 11) is 0. The highest BCUT2D eigenvalue weighted by Crippen LogP contribution is 2.05. The van der Waals surface area contributed by atoms with Crippen LogP contribution in [0.2, 0.25) is 0 Å². The largest absolute Gasteiger partial charge is 0.481 e. The molecule has 0 bridgehead atoms. The molecule has 0 spiro atoms. The first-order valence-corrected chi connectivity index (χ1v) is 4.23. The maximum absolute atomic E-state index is 10.8. The molecule has 3 N–H and O–H groups in total. The predicted octanol–water partition coefficient (Wildman–Crippen LogP) is 0.0697. The fourth-order valence-corrected chi connectivity index (χ4v) is 1.05. The number of carboxylic acids is 1. The minimum Gasteiger partial charge on any atom is -0.481 e. The zero-order valence-corrected chi connectivity index (χ0v) is 6.89. The Morgan fingerprint density at radius 2 is 2.00 bits per heavy atom. The Morgan fingerprint density at radius 1 is 1.36 bits per heavy atom. The molecule has 0 heterocycles. The van der Waals surface area contributed by atoms with Crippen molar-refractivity contribution in [3.63, 3.8) is 0 Å². The summed E-state index contributed by atoms with van der Waals surface area (Å²) in [5, 5.41) is 8.10. The third-order valence-corrected chi connectivity index (χ3v) is 1.89. The fourth-order valence-electron chi connectivity index (χ4n) is 0.454. The molecule has 4 nitrogen and oxygen atoms in total. The molecule has 0 aromatic rings. The second-order valence-corrected chi connectivity index (χ2v) is 3.06. The Hall–Kier alpha value is -0.550. The number of carbonyl (C=O) groups excluding carboxylic acids is 1. The molecule has 0 saturated carbocycles. The molecular formula is C6H11NO3S. The molecule has 0 aromatic carbocycles. The summed E-state index contributed by atoms with van der Waals surface area (Å²) in [6.45, 7) is 0.448. The van der Waals surface area contributed by atoms with Gasteiger partial charge in [0.15, 0.2) is 5.12 Å². The molecule has 5 heteroatoms. The van der Waals surface area contributed by atoms with E-state index in [9.17, 15) is 9.59 Å². The number of nitrogens with two attached hydrogens (primary N) is 1. The Morgan fingerprint density at radius 3 is 2.45 bits per heavy atom. The molecule has 0 rings (SSSR count). The number of aliphatic carboxylic acids is 1. The van der Waals surface area contributed by atoms with E-state index in [1.165, 1.54) is 0 Å². The Bertz CT molecular complexity index is 149. The van der Waals surface area contributed by atoms with E-state index in [-0.39, 0.29) is 18.0 Å². The lowest BCUT2D eigenvalue weighted by molar-refractivity contribution is -0.137. The minimum absolute atomic E-state index is 0.0869. The highest BCUT2D eigenvalue weighted by Gasteiger charge is 2.04. The number of hydrogen-bond acceptors (Lipinski definition) is 4. The van der Waals surface area contributed by atoms with E-state index in [1.807, 2.05) is 0 Å². The second-order valence-electron chi connectivity index (χ2n) is 1.90. The van der Waals surface area contributed by atoms with Crippen molar-refractivity contribution in [2.75, 3.05) is 12.3 Å². The monoisotopic (exact) mass is 177 g/mol. The first-order chi connectivity index (χ1) is 5.16. The zero-order chi connectivity index (χ0) is 8.69. The molecule has 0 aliphatic carbocycles. The Labute approximate surface area is 69.1 Å². The zero-order valence-electron chi connectivity index (χ0n) is 6.08. The van der Waals surface area contributed by atoms with Gasteiger partial charge in [0.25, 0.3) is 0 Å². The van der Waals surface area contributed by atoms with Crippen molar-refractivity contribution in [3.8, 4) is 0 Å². The molecule has 0 aromatic heterocycles. The van der Waals surface area contributed by atoms with Crippen LogP contribution in [0, 0.1) is 0 Å². The second kappa shape index (κ2) is 6.18. The molecule has 11 heavy (non-hydrogen) atoms. The van der Waals surface area contributed by atoms with Crippen LogP contribution in [0.4, 0.5) is 0 Å². The predicted molar refractivity (Wildman–Crippen MR) is 43.4 cm³/mol. The molecule has 0 fully saturated rings. The van der Waals surface area contributed by atoms with Crippen molar-refractivity contribution < 1.29 is 14.7 Å². The van der Waals surface area contributed by atoms with Crippen LogP contribution in [0.25, 0.3) is 0 Å².